The molecule has 4 aromatic rings. The minimum absolute atomic E-state index is 0.199. The Morgan fingerprint density at radius 2 is 1.61 bits per heavy atom. The zero-order valence-electron chi connectivity index (χ0n) is 15.3. The second-order valence-electron chi connectivity index (χ2n) is 6.46. The molecule has 4 rings (SSSR count). The molecule has 5 heteroatoms. The summed E-state index contributed by atoms with van der Waals surface area (Å²) in [4.78, 5) is 20.6. The van der Waals surface area contributed by atoms with E-state index in [-0.39, 0.29) is 6.03 Å². The van der Waals surface area contributed by atoms with E-state index in [1.165, 1.54) is 5.39 Å². The van der Waals surface area contributed by atoms with Crippen LogP contribution in [0.1, 0.15) is 11.1 Å². The molecule has 2 aromatic heterocycles. The maximum absolute atomic E-state index is 12.2. The maximum atomic E-state index is 12.2. The zero-order valence-corrected chi connectivity index (χ0v) is 15.3. The molecule has 2 N–H and O–H groups in total. The quantitative estimate of drug-likeness (QED) is 0.552. The van der Waals surface area contributed by atoms with Crippen molar-refractivity contribution in [2.45, 2.75) is 13.1 Å². The van der Waals surface area contributed by atoms with Gasteiger partial charge in [0.2, 0.25) is 0 Å². The van der Waals surface area contributed by atoms with Gasteiger partial charge in [-0.15, -0.1) is 0 Å². The van der Waals surface area contributed by atoms with Crippen molar-refractivity contribution in [1.29, 1.82) is 0 Å². The summed E-state index contributed by atoms with van der Waals surface area (Å²) >= 11 is 0. The van der Waals surface area contributed by atoms with Crippen molar-refractivity contribution in [2.24, 2.45) is 0 Å². The Bertz CT molecular complexity index is 1090. The summed E-state index contributed by atoms with van der Waals surface area (Å²) in [6.45, 7) is 0.910. The summed E-state index contributed by atoms with van der Waals surface area (Å²) in [5, 5.41) is 8.16. The fourth-order valence-corrected chi connectivity index (χ4v) is 3.13. The van der Waals surface area contributed by atoms with Crippen LogP contribution < -0.4 is 10.6 Å². The van der Waals surface area contributed by atoms with Crippen LogP contribution in [0, 0.1) is 0 Å². The molecule has 0 unspecified atom stereocenters. The van der Waals surface area contributed by atoms with E-state index in [0.717, 1.165) is 27.8 Å². The smallest absolute Gasteiger partial charge is 0.315 e. The van der Waals surface area contributed by atoms with Gasteiger partial charge < -0.3 is 10.6 Å². The summed E-state index contributed by atoms with van der Waals surface area (Å²) in [5.74, 6) is 0. The molecule has 0 aliphatic heterocycles. The standard InChI is InChI=1S/C23H20N4O/c28-23(27-16-20-6-3-5-18-4-1-2-7-21(18)20)26-15-17-8-13-25-22(14-17)19-9-11-24-12-10-19/h1-14H,15-16H2,(H2,26,27,28). The molecule has 2 heterocycles. The number of hydrogen-bond acceptors (Lipinski definition) is 3. The van der Waals surface area contributed by atoms with Crippen molar-refractivity contribution in [1.82, 2.24) is 20.6 Å². The van der Waals surface area contributed by atoms with Gasteiger partial charge in [0.1, 0.15) is 0 Å². The summed E-state index contributed by atoms with van der Waals surface area (Å²) in [7, 11) is 0. The Balaban J connectivity index is 1.36. The van der Waals surface area contributed by atoms with Crippen molar-refractivity contribution >= 4 is 16.8 Å². The van der Waals surface area contributed by atoms with E-state index in [1.54, 1.807) is 18.6 Å². The number of nitrogens with one attached hydrogen (secondary N) is 2. The molecule has 0 aliphatic carbocycles. The predicted molar refractivity (Wildman–Crippen MR) is 110 cm³/mol. The number of hydrogen-bond donors (Lipinski definition) is 2. The van der Waals surface area contributed by atoms with Crippen molar-refractivity contribution in [3.05, 3.63) is 96.4 Å². The lowest BCUT2D eigenvalue weighted by Gasteiger charge is -2.10. The number of nitrogens with zero attached hydrogens (tertiary/aromatic N) is 2. The Kier molecular flexibility index (Phi) is 5.24. The fraction of sp³-hybridized carbons (Fsp3) is 0.0870. The Labute approximate surface area is 163 Å². The van der Waals surface area contributed by atoms with E-state index in [4.69, 9.17) is 0 Å². The molecule has 0 fully saturated rings. The van der Waals surface area contributed by atoms with Crippen LogP contribution in [0.3, 0.4) is 0 Å². The summed E-state index contributed by atoms with van der Waals surface area (Å²) in [6, 6.07) is 21.8. The molecule has 0 atom stereocenters. The highest BCUT2D eigenvalue weighted by molar-refractivity contribution is 5.86. The van der Waals surface area contributed by atoms with Crippen LogP contribution in [0.4, 0.5) is 4.79 Å². The minimum Gasteiger partial charge on any atom is -0.334 e. The molecular formula is C23H20N4O. The zero-order chi connectivity index (χ0) is 19.2. The first-order valence-electron chi connectivity index (χ1n) is 9.13. The van der Waals surface area contributed by atoms with Gasteiger partial charge in [-0.1, -0.05) is 42.5 Å². The number of rotatable bonds is 5. The van der Waals surface area contributed by atoms with Crippen LogP contribution in [0.25, 0.3) is 22.0 Å². The van der Waals surface area contributed by atoms with Gasteiger partial charge in [-0.25, -0.2) is 4.79 Å². The molecule has 28 heavy (non-hydrogen) atoms. The number of benzene rings is 2. The highest BCUT2D eigenvalue weighted by atomic mass is 16.2. The number of aromatic nitrogens is 2. The third-order valence-corrected chi connectivity index (χ3v) is 4.57. The van der Waals surface area contributed by atoms with Gasteiger partial charge >= 0.3 is 6.03 Å². The molecule has 0 saturated heterocycles. The highest BCUT2D eigenvalue weighted by Crippen LogP contribution is 2.18. The first-order chi connectivity index (χ1) is 13.8. The Morgan fingerprint density at radius 1 is 0.821 bits per heavy atom. The molecule has 2 aromatic carbocycles. The first kappa shape index (κ1) is 17.7. The largest absolute Gasteiger partial charge is 0.334 e. The number of carbonyl (C=O) groups excluding carboxylic acids is 1. The molecule has 0 bridgehead atoms. The van der Waals surface area contributed by atoms with Crippen molar-refractivity contribution < 1.29 is 4.79 Å². The lowest BCUT2D eigenvalue weighted by molar-refractivity contribution is 0.240. The second-order valence-corrected chi connectivity index (χ2v) is 6.46. The molecule has 0 radical (unpaired) electrons. The van der Waals surface area contributed by atoms with Gasteiger partial charge in [-0.3, -0.25) is 9.97 Å². The third kappa shape index (κ3) is 4.15. The van der Waals surface area contributed by atoms with Gasteiger partial charge in [0.15, 0.2) is 0 Å². The number of amides is 2. The van der Waals surface area contributed by atoms with E-state index in [1.807, 2.05) is 48.5 Å². The maximum Gasteiger partial charge on any atom is 0.315 e. The Morgan fingerprint density at radius 3 is 2.50 bits per heavy atom. The van der Waals surface area contributed by atoms with E-state index in [2.05, 4.69) is 38.8 Å². The van der Waals surface area contributed by atoms with E-state index in [9.17, 15) is 4.79 Å². The van der Waals surface area contributed by atoms with Crippen LogP contribution in [0.5, 0.6) is 0 Å². The lowest BCUT2D eigenvalue weighted by Crippen LogP contribution is -2.34. The second kappa shape index (κ2) is 8.31. The molecule has 2 amide bonds. The number of fused-ring (bicyclic) bond motifs is 1. The molecule has 5 nitrogen and oxygen atoms in total. The number of carbonyl (C=O) groups is 1. The van der Waals surface area contributed by atoms with Gasteiger partial charge in [0.25, 0.3) is 0 Å². The van der Waals surface area contributed by atoms with Gasteiger partial charge in [0.05, 0.1) is 5.69 Å². The summed E-state index contributed by atoms with van der Waals surface area (Å²) < 4.78 is 0. The monoisotopic (exact) mass is 368 g/mol. The highest BCUT2D eigenvalue weighted by Gasteiger charge is 2.05. The topological polar surface area (TPSA) is 66.9 Å². The summed E-state index contributed by atoms with van der Waals surface area (Å²) in [5.41, 5.74) is 3.94. The number of urea groups is 1. The molecular weight excluding hydrogens is 348 g/mol. The average molecular weight is 368 g/mol. The van der Waals surface area contributed by atoms with Gasteiger partial charge in [0, 0.05) is 37.2 Å². The van der Waals surface area contributed by atoms with E-state index in [0.29, 0.717) is 13.1 Å². The normalized spacial score (nSPS) is 10.6. The molecule has 0 saturated carbocycles. The number of pyridine rings is 2. The lowest BCUT2D eigenvalue weighted by atomic mass is 10.0. The SMILES string of the molecule is O=C(NCc1ccnc(-c2ccncc2)c1)NCc1cccc2ccccc12. The van der Waals surface area contributed by atoms with E-state index >= 15 is 0 Å². The van der Waals surface area contributed by atoms with Crippen molar-refractivity contribution in [3.63, 3.8) is 0 Å². The fourth-order valence-electron chi connectivity index (χ4n) is 3.13. The van der Waals surface area contributed by atoms with Crippen LogP contribution >= 0.6 is 0 Å². The van der Waals surface area contributed by atoms with Gasteiger partial charge in [-0.2, -0.15) is 0 Å². The van der Waals surface area contributed by atoms with Crippen LogP contribution in [-0.4, -0.2) is 16.0 Å². The third-order valence-electron chi connectivity index (χ3n) is 4.57. The predicted octanol–water partition coefficient (Wildman–Crippen LogP) is 4.30. The first-order valence-corrected chi connectivity index (χ1v) is 9.13. The van der Waals surface area contributed by atoms with Crippen molar-refractivity contribution in [2.75, 3.05) is 0 Å². The Hall–Kier alpha value is -3.73. The van der Waals surface area contributed by atoms with Crippen LogP contribution in [0.15, 0.2) is 85.3 Å². The molecule has 138 valence electrons. The van der Waals surface area contributed by atoms with Crippen molar-refractivity contribution in [3.8, 4) is 11.3 Å². The van der Waals surface area contributed by atoms with Gasteiger partial charge in [-0.05, 0) is 46.2 Å². The van der Waals surface area contributed by atoms with Crippen LogP contribution in [0.2, 0.25) is 0 Å². The van der Waals surface area contributed by atoms with Crippen LogP contribution in [-0.2, 0) is 13.1 Å². The minimum atomic E-state index is -0.199. The molecule has 0 spiro atoms. The average Bonchev–Trinajstić information content (AvgIpc) is 2.77. The van der Waals surface area contributed by atoms with E-state index < -0.39 is 0 Å². The molecule has 0 aliphatic rings. The summed E-state index contributed by atoms with van der Waals surface area (Å²) in [6.07, 6.45) is 5.23.